The molecule has 0 spiro atoms. The van der Waals surface area contributed by atoms with Crippen LogP contribution in [0.1, 0.15) is 48.8 Å². The lowest BCUT2D eigenvalue weighted by molar-refractivity contribution is 0.532. The highest BCUT2D eigenvalue weighted by atomic mass is 16.2. The van der Waals surface area contributed by atoms with Crippen LogP contribution in [0.2, 0.25) is 0 Å². The molecule has 1 atom stereocenters. The normalized spacial score (nSPS) is 12.9. The van der Waals surface area contributed by atoms with E-state index >= 15 is 0 Å². The van der Waals surface area contributed by atoms with E-state index in [1.54, 1.807) is 7.05 Å². The molecule has 4 aromatic rings. The number of aryl methyl sites for hydroxylation is 3. The molecule has 3 heterocycles. The Hall–Kier alpha value is -3.09. The first-order valence-corrected chi connectivity index (χ1v) is 10.0. The summed E-state index contributed by atoms with van der Waals surface area (Å²) in [6.45, 7) is 10.5. The summed E-state index contributed by atoms with van der Waals surface area (Å²) in [6, 6.07) is 8.06. The van der Waals surface area contributed by atoms with Crippen molar-refractivity contribution >= 4 is 16.9 Å². The van der Waals surface area contributed by atoms with Crippen molar-refractivity contribution < 1.29 is 0 Å². The molecule has 0 saturated carbocycles. The average Bonchev–Trinajstić information content (AvgIpc) is 3.20. The van der Waals surface area contributed by atoms with Gasteiger partial charge in [0.1, 0.15) is 0 Å². The van der Waals surface area contributed by atoms with Gasteiger partial charge in [-0.2, -0.15) is 4.98 Å². The van der Waals surface area contributed by atoms with Crippen LogP contribution in [0.25, 0.3) is 16.9 Å². The van der Waals surface area contributed by atoms with E-state index in [9.17, 15) is 9.59 Å². The maximum atomic E-state index is 13.5. The van der Waals surface area contributed by atoms with Crippen molar-refractivity contribution in [2.45, 2.75) is 53.6 Å². The van der Waals surface area contributed by atoms with Crippen LogP contribution in [0.15, 0.2) is 33.9 Å². The monoisotopic (exact) mass is 393 g/mol. The third-order valence-electron chi connectivity index (χ3n) is 6.18. The van der Waals surface area contributed by atoms with Crippen molar-refractivity contribution in [2.75, 3.05) is 0 Å². The molecule has 0 amide bonds. The van der Waals surface area contributed by atoms with Crippen molar-refractivity contribution in [3.8, 4) is 0 Å². The van der Waals surface area contributed by atoms with E-state index in [1.807, 2.05) is 42.5 Å². The Morgan fingerprint density at radius 2 is 1.76 bits per heavy atom. The Morgan fingerprint density at radius 1 is 1.07 bits per heavy atom. The number of aromatic nitrogens is 5. The number of fused-ring (bicyclic) bond motifs is 3. The van der Waals surface area contributed by atoms with Gasteiger partial charge in [-0.15, -0.1) is 0 Å². The van der Waals surface area contributed by atoms with Gasteiger partial charge in [0.25, 0.3) is 5.56 Å². The van der Waals surface area contributed by atoms with Crippen LogP contribution < -0.4 is 11.2 Å². The van der Waals surface area contributed by atoms with Gasteiger partial charge in [0.2, 0.25) is 5.78 Å². The van der Waals surface area contributed by atoms with Gasteiger partial charge in [-0.25, -0.2) is 4.79 Å². The first-order chi connectivity index (χ1) is 13.8. The molecule has 0 saturated heterocycles. The van der Waals surface area contributed by atoms with E-state index in [1.165, 1.54) is 9.13 Å². The quantitative estimate of drug-likeness (QED) is 0.535. The van der Waals surface area contributed by atoms with Crippen molar-refractivity contribution in [2.24, 2.45) is 7.05 Å². The molecule has 0 bridgehead atoms. The van der Waals surface area contributed by atoms with Gasteiger partial charge in [-0.3, -0.25) is 18.3 Å². The fourth-order valence-corrected chi connectivity index (χ4v) is 4.08. The molecule has 0 radical (unpaired) electrons. The van der Waals surface area contributed by atoms with Crippen LogP contribution in [0.3, 0.4) is 0 Å². The summed E-state index contributed by atoms with van der Waals surface area (Å²) in [5.74, 6) is 0.713. The van der Waals surface area contributed by atoms with Crippen molar-refractivity contribution in [1.82, 2.24) is 23.1 Å². The summed E-state index contributed by atoms with van der Waals surface area (Å²) in [5.41, 5.74) is 4.30. The first kappa shape index (κ1) is 19.2. The third-order valence-corrected chi connectivity index (χ3v) is 6.18. The number of hydrogen-bond donors (Lipinski definition) is 0. The molecule has 1 aromatic carbocycles. The van der Waals surface area contributed by atoms with Crippen LogP contribution in [0.5, 0.6) is 0 Å². The highest BCUT2D eigenvalue weighted by Crippen LogP contribution is 2.25. The fraction of sp³-hybridized carbons (Fsp3) is 0.409. The molecular weight excluding hydrogens is 366 g/mol. The highest BCUT2D eigenvalue weighted by Gasteiger charge is 2.24. The third kappa shape index (κ3) is 2.68. The second-order valence-corrected chi connectivity index (χ2v) is 7.88. The minimum absolute atomic E-state index is 0.242. The molecule has 152 valence electrons. The molecule has 0 aliphatic rings. The Morgan fingerprint density at radius 3 is 2.41 bits per heavy atom. The standard InChI is InChI=1S/C22H27N5O2/c1-7-14(3)26-15(4)16(5)27-18-19(23-21(26)27)24(6)22(29)25(20(18)28)12-17-11-9-8-10-13(17)2/h8-11,14H,7,12H2,1-6H3/t14-/m0/s1. The lowest BCUT2D eigenvalue weighted by atomic mass is 10.1. The highest BCUT2D eigenvalue weighted by molar-refractivity contribution is 5.76. The number of rotatable bonds is 4. The smallest absolute Gasteiger partial charge is 0.311 e. The summed E-state index contributed by atoms with van der Waals surface area (Å²) in [6.07, 6.45) is 0.949. The Balaban J connectivity index is 2.09. The van der Waals surface area contributed by atoms with E-state index in [-0.39, 0.29) is 23.8 Å². The molecule has 0 aliphatic heterocycles. The van der Waals surface area contributed by atoms with E-state index in [2.05, 4.69) is 25.3 Å². The van der Waals surface area contributed by atoms with Crippen molar-refractivity contribution in [3.63, 3.8) is 0 Å². The van der Waals surface area contributed by atoms with Crippen LogP contribution in [-0.2, 0) is 13.6 Å². The number of benzene rings is 1. The molecule has 7 nitrogen and oxygen atoms in total. The minimum Gasteiger partial charge on any atom is -0.311 e. The minimum atomic E-state index is -0.351. The summed E-state index contributed by atoms with van der Waals surface area (Å²) in [5, 5.41) is 0. The Labute approximate surface area is 168 Å². The van der Waals surface area contributed by atoms with Gasteiger partial charge < -0.3 is 4.57 Å². The van der Waals surface area contributed by atoms with E-state index in [0.29, 0.717) is 16.9 Å². The molecule has 29 heavy (non-hydrogen) atoms. The summed E-state index contributed by atoms with van der Waals surface area (Å²) < 4.78 is 6.86. The van der Waals surface area contributed by atoms with Gasteiger partial charge in [0, 0.05) is 24.5 Å². The average molecular weight is 393 g/mol. The largest absolute Gasteiger partial charge is 0.332 e. The summed E-state index contributed by atoms with van der Waals surface area (Å²) in [7, 11) is 1.68. The molecule has 4 rings (SSSR count). The van der Waals surface area contributed by atoms with Crippen molar-refractivity contribution in [3.05, 3.63) is 67.6 Å². The lowest BCUT2D eigenvalue weighted by Crippen LogP contribution is -2.39. The van der Waals surface area contributed by atoms with Gasteiger partial charge in [-0.1, -0.05) is 31.2 Å². The Bertz CT molecular complexity index is 1370. The van der Waals surface area contributed by atoms with E-state index in [4.69, 9.17) is 4.98 Å². The zero-order chi connectivity index (χ0) is 21.0. The second kappa shape index (κ2) is 6.76. The van der Waals surface area contributed by atoms with Gasteiger partial charge in [-0.05, 0) is 45.2 Å². The van der Waals surface area contributed by atoms with Gasteiger partial charge >= 0.3 is 5.69 Å². The molecular formula is C22H27N5O2. The van der Waals surface area contributed by atoms with E-state index < -0.39 is 0 Å². The van der Waals surface area contributed by atoms with Crippen LogP contribution >= 0.6 is 0 Å². The van der Waals surface area contributed by atoms with Crippen LogP contribution in [0.4, 0.5) is 0 Å². The lowest BCUT2D eigenvalue weighted by Gasteiger charge is -2.13. The van der Waals surface area contributed by atoms with E-state index in [0.717, 1.165) is 28.9 Å². The SMILES string of the molecule is CC[C@H](C)n1c(C)c(C)n2c3c(=O)n(Cc4ccccc4C)c(=O)n(C)c3nc12. The van der Waals surface area contributed by atoms with Gasteiger partial charge in [0.05, 0.1) is 6.54 Å². The maximum Gasteiger partial charge on any atom is 0.332 e. The Kier molecular flexibility index (Phi) is 4.48. The first-order valence-electron chi connectivity index (χ1n) is 10.0. The number of hydrogen-bond acceptors (Lipinski definition) is 3. The number of nitrogens with zero attached hydrogens (tertiary/aromatic N) is 5. The molecule has 0 unspecified atom stereocenters. The number of imidazole rings is 2. The predicted molar refractivity (Wildman–Crippen MR) is 115 cm³/mol. The zero-order valence-electron chi connectivity index (χ0n) is 17.9. The van der Waals surface area contributed by atoms with Crippen molar-refractivity contribution in [1.29, 1.82) is 0 Å². The fourth-order valence-electron chi connectivity index (χ4n) is 4.08. The summed E-state index contributed by atoms with van der Waals surface area (Å²) in [4.78, 5) is 31.2. The van der Waals surface area contributed by atoms with Gasteiger partial charge in [0.15, 0.2) is 11.2 Å². The zero-order valence-corrected chi connectivity index (χ0v) is 17.9. The predicted octanol–water partition coefficient (Wildman–Crippen LogP) is 3.09. The van der Waals surface area contributed by atoms with Crippen LogP contribution in [0, 0.1) is 20.8 Å². The summed E-state index contributed by atoms with van der Waals surface area (Å²) >= 11 is 0. The molecule has 3 aromatic heterocycles. The molecule has 7 heteroatoms. The maximum absolute atomic E-state index is 13.5. The molecule has 0 fully saturated rings. The second-order valence-electron chi connectivity index (χ2n) is 7.88. The topological polar surface area (TPSA) is 66.2 Å². The molecule has 0 aliphatic carbocycles. The van der Waals surface area contributed by atoms with Crippen LogP contribution in [-0.4, -0.2) is 23.1 Å². The molecule has 0 N–H and O–H groups in total.